The molecule has 0 fully saturated rings. The van der Waals surface area contributed by atoms with E-state index in [-0.39, 0.29) is 0 Å². The average Bonchev–Trinajstić information content (AvgIpc) is 2.83. The molecule has 0 aliphatic carbocycles. The molecule has 0 aromatic carbocycles. The van der Waals surface area contributed by atoms with Crippen LogP contribution in [0.4, 0.5) is 11.6 Å². The van der Waals surface area contributed by atoms with Crippen LogP contribution in [0.15, 0.2) is 12.4 Å². The van der Waals surface area contributed by atoms with E-state index in [1.54, 1.807) is 18.1 Å². The van der Waals surface area contributed by atoms with Gasteiger partial charge in [0.1, 0.15) is 24.6 Å². The minimum absolute atomic E-state index is 0.371. The molecule has 0 aliphatic heterocycles. The smallest absolute Gasteiger partial charge is 0.169 e. The van der Waals surface area contributed by atoms with E-state index in [0.717, 1.165) is 18.2 Å². The number of nitrogens with one attached hydrogen (secondary N) is 2. The van der Waals surface area contributed by atoms with Crippen molar-refractivity contribution < 1.29 is 4.74 Å². The SMILES string of the molecule is CCNc1cc(NCc2ncn(C)n2)nc(COC)n1. The van der Waals surface area contributed by atoms with Gasteiger partial charge in [-0.25, -0.2) is 15.0 Å². The van der Waals surface area contributed by atoms with Gasteiger partial charge in [-0.1, -0.05) is 0 Å². The fourth-order valence-electron chi connectivity index (χ4n) is 1.69. The first-order valence-electron chi connectivity index (χ1n) is 6.40. The van der Waals surface area contributed by atoms with Crippen molar-refractivity contribution in [3.05, 3.63) is 24.0 Å². The van der Waals surface area contributed by atoms with E-state index < -0.39 is 0 Å². The van der Waals surface area contributed by atoms with Crippen molar-refractivity contribution in [1.82, 2.24) is 24.7 Å². The zero-order valence-electron chi connectivity index (χ0n) is 11.9. The number of anilines is 2. The molecular weight excluding hydrogens is 258 g/mol. The van der Waals surface area contributed by atoms with Crippen molar-refractivity contribution in [3.63, 3.8) is 0 Å². The van der Waals surface area contributed by atoms with Gasteiger partial charge in [0.25, 0.3) is 0 Å². The highest BCUT2D eigenvalue weighted by molar-refractivity contribution is 5.47. The van der Waals surface area contributed by atoms with Crippen molar-refractivity contribution in [2.75, 3.05) is 24.3 Å². The molecular formula is C12H19N7O. The standard InChI is InChI=1S/C12H19N7O/c1-4-13-9-5-10(17-12(16-9)7-20-3)14-6-11-15-8-19(2)18-11/h5,8H,4,6-7H2,1-3H3,(H2,13,14,16,17). The molecule has 0 saturated carbocycles. The predicted molar refractivity (Wildman–Crippen MR) is 75.2 cm³/mol. The molecule has 0 aliphatic rings. The second-order valence-electron chi connectivity index (χ2n) is 4.21. The number of ether oxygens (including phenoxy) is 1. The molecule has 2 N–H and O–H groups in total. The normalized spacial score (nSPS) is 10.6. The van der Waals surface area contributed by atoms with Gasteiger partial charge in [-0.3, -0.25) is 4.68 Å². The molecule has 0 radical (unpaired) electrons. The number of aromatic nitrogens is 5. The third-order valence-electron chi connectivity index (χ3n) is 2.48. The molecule has 2 aromatic rings. The molecule has 8 heteroatoms. The van der Waals surface area contributed by atoms with E-state index in [1.165, 1.54) is 0 Å². The van der Waals surface area contributed by atoms with E-state index in [9.17, 15) is 0 Å². The lowest BCUT2D eigenvalue weighted by molar-refractivity contribution is 0.178. The van der Waals surface area contributed by atoms with Gasteiger partial charge in [0.2, 0.25) is 0 Å². The summed E-state index contributed by atoms with van der Waals surface area (Å²) in [7, 11) is 3.45. The largest absolute Gasteiger partial charge is 0.377 e. The maximum absolute atomic E-state index is 5.07. The summed E-state index contributed by atoms with van der Waals surface area (Å²) < 4.78 is 6.74. The van der Waals surface area contributed by atoms with Gasteiger partial charge in [0, 0.05) is 26.8 Å². The van der Waals surface area contributed by atoms with Crippen LogP contribution >= 0.6 is 0 Å². The Hall–Kier alpha value is -2.22. The summed E-state index contributed by atoms with van der Waals surface area (Å²) in [5.74, 6) is 2.83. The van der Waals surface area contributed by atoms with Gasteiger partial charge >= 0.3 is 0 Å². The lowest BCUT2D eigenvalue weighted by Crippen LogP contribution is -2.09. The number of hydrogen-bond acceptors (Lipinski definition) is 7. The summed E-state index contributed by atoms with van der Waals surface area (Å²) in [4.78, 5) is 12.9. The second-order valence-corrected chi connectivity index (χ2v) is 4.21. The molecule has 20 heavy (non-hydrogen) atoms. The Morgan fingerprint density at radius 1 is 1.20 bits per heavy atom. The molecule has 0 unspecified atom stereocenters. The van der Waals surface area contributed by atoms with Gasteiger partial charge in [-0.15, -0.1) is 0 Å². The molecule has 8 nitrogen and oxygen atoms in total. The van der Waals surface area contributed by atoms with Crippen LogP contribution in [0.25, 0.3) is 0 Å². The van der Waals surface area contributed by atoms with Crippen LogP contribution in [0.2, 0.25) is 0 Å². The van der Waals surface area contributed by atoms with Crippen molar-refractivity contribution in [1.29, 1.82) is 0 Å². The molecule has 2 rings (SSSR count). The van der Waals surface area contributed by atoms with Crippen LogP contribution in [0, 0.1) is 0 Å². The molecule has 0 saturated heterocycles. The number of rotatable bonds is 7. The first-order chi connectivity index (χ1) is 9.71. The fraction of sp³-hybridized carbons (Fsp3) is 0.500. The summed E-state index contributed by atoms with van der Waals surface area (Å²) in [6.07, 6.45) is 1.66. The lowest BCUT2D eigenvalue weighted by Gasteiger charge is -2.09. The fourth-order valence-corrected chi connectivity index (χ4v) is 1.69. The topological polar surface area (TPSA) is 89.8 Å². The lowest BCUT2D eigenvalue weighted by atomic mass is 10.4. The molecule has 108 valence electrons. The molecule has 0 amide bonds. The maximum Gasteiger partial charge on any atom is 0.169 e. The Kier molecular flexibility index (Phi) is 4.83. The first-order valence-corrected chi connectivity index (χ1v) is 6.40. The monoisotopic (exact) mass is 277 g/mol. The molecule has 0 atom stereocenters. The molecule has 0 bridgehead atoms. The quantitative estimate of drug-likeness (QED) is 0.773. The van der Waals surface area contributed by atoms with Crippen LogP contribution in [0.5, 0.6) is 0 Å². The minimum Gasteiger partial charge on any atom is -0.377 e. The minimum atomic E-state index is 0.371. The highest BCUT2D eigenvalue weighted by atomic mass is 16.5. The van der Waals surface area contributed by atoms with E-state index in [1.807, 2.05) is 20.0 Å². The van der Waals surface area contributed by atoms with E-state index in [4.69, 9.17) is 4.74 Å². The molecule has 2 heterocycles. The van der Waals surface area contributed by atoms with Crippen LogP contribution in [0.3, 0.4) is 0 Å². The van der Waals surface area contributed by atoms with Gasteiger partial charge in [-0.2, -0.15) is 5.10 Å². The summed E-state index contributed by atoms with van der Waals surface area (Å²) in [5.41, 5.74) is 0. The second kappa shape index (κ2) is 6.80. The van der Waals surface area contributed by atoms with Gasteiger partial charge in [-0.05, 0) is 6.92 Å². The summed E-state index contributed by atoms with van der Waals surface area (Å²) in [6.45, 7) is 3.69. The Morgan fingerprint density at radius 2 is 1.95 bits per heavy atom. The van der Waals surface area contributed by atoms with Crippen LogP contribution < -0.4 is 10.6 Å². The van der Waals surface area contributed by atoms with Crippen LogP contribution in [-0.2, 0) is 24.9 Å². The zero-order chi connectivity index (χ0) is 14.4. The number of hydrogen-bond donors (Lipinski definition) is 2. The Labute approximate surface area is 117 Å². The van der Waals surface area contributed by atoms with E-state index in [2.05, 4.69) is 30.7 Å². The average molecular weight is 277 g/mol. The highest BCUT2D eigenvalue weighted by Crippen LogP contribution is 2.12. The van der Waals surface area contributed by atoms with Gasteiger partial charge in [0.15, 0.2) is 11.6 Å². The zero-order valence-corrected chi connectivity index (χ0v) is 11.9. The van der Waals surface area contributed by atoms with Crippen molar-refractivity contribution >= 4 is 11.6 Å². The van der Waals surface area contributed by atoms with Crippen molar-refractivity contribution in [3.8, 4) is 0 Å². The molecule has 0 spiro atoms. The van der Waals surface area contributed by atoms with Crippen molar-refractivity contribution in [2.24, 2.45) is 7.05 Å². The summed E-state index contributed by atoms with van der Waals surface area (Å²) in [6, 6.07) is 1.85. The summed E-state index contributed by atoms with van der Waals surface area (Å²) in [5, 5.41) is 10.6. The van der Waals surface area contributed by atoms with Crippen molar-refractivity contribution in [2.45, 2.75) is 20.1 Å². The number of nitrogens with zero attached hydrogens (tertiary/aromatic N) is 5. The Balaban J connectivity index is 2.08. The van der Waals surface area contributed by atoms with Crippen LogP contribution in [0.1, 0.15) is 18.6 Å². The first kappa shape index (κ1) is 14.2. The van der Waals surface area contributed by atoms with E-state index >= 15 is 0 Å². The summed E-state index contributed by atoms with van der Waals surface area (Å²) >= 11 is 0. The predicted octanol–water partition coefficient (Wildman–Crippen LogP) is 0.795. The van der Waals surface area contributed by atoms with Gasteiger partial charge in [0.05, 0.1) is 6.54 Å². The Morgan fingerprint density at radius 3 is 2.55 bits per heavy atom. The maximum atomic E-state index is 5.07. The molecule has 2 aromatic heterocycles. The number of aryl methyl sites for hydroxylation is 1. The van der Waals surface area contributed by atoms with Crippen LogP contribution in [-0.4, -0.2) is 38.4 Å². The third kappa shape index (κ3) is 3.89. The number of methoxy groups -OCH3 is 1. The van der Waals surface area contributed by atoms with E-state index in [0.29, 0.717) is 24.8 Å². The third-order valence-corrected chi connectivity index (χ3v) is 2.48. The highest BCUT2D eigenvalue weighted by Gasteiger charge is 2.05. The van der Waals surface area contributed by atoms with Gasteiger partial charge < -0.3 is 15.4 Å². The Bertz CT molecular complexity index is 530.